The van der Waals surface area contributed by atoms with Crippen LogP contribution in [0.3, 0.4) is 0 Å². The fourth-order valence-corrected chi connectivity index (χ4v) is 1.71. The van der Waals surface area contributed by atoms with Gasteiger partial charge in [-0.05, 0) is 32.6 Å². The Morgan fingerprint density at radius 2 is 2.00 bits per heavy atom. The highest BCUT2D eigenvalue weighted by atomic mass is 16.4. The number of carbonyl (C=O) groups is 2. The first-order chi connectivity index (χ1) is 7.39. The molecule has 0 atom stereocenters. The van der Waals surface area contributed by atoms with Crippen molar-refractivity contribution in [2.45, 2.75) is 45.1 Å². The maximum absolute atomic E-state index is 11.5. The molecule has 2 amide bonds. The number of hydrogen-bond donors (Lipinski definition) is 3. The van der Waals surface area contributed by atoms with E-state index in [1.807, 2.05) is 0 Å². The summed E-state index contributed by atoms with van der Waals surface area (Å²) in [7, 11) is 0. The molecule has 0 aliphatic heterocycles. The molecule has 1 fully saturated rings. The number of nitrogens with one attached hydrogen (secondary N) is 2. The van der Waals surface area contributed by atoms with Crippen molar-refractivity contribution in [3.8, 4) is 0 Å². The van der Waals surface area contributed by atoms with Crippen molar-refractivity contribution in [3.63, 3.8) is 0 Å². The molecule has 0 spiro atoms. The Morgan fingerprint density at radius 3 is 2.44 bits per heavy atom. The van der Waals surface area contributed by atoms with Crippen LogP contribution < -0.4 is 10.6 Å². The molecule has 0 aromatic rings. The number of aliphatic carboxylic acids is 1. The van der Waals surface area contributed by atoms with Crippen LogP contribution in [-0.2, 0) is 4.79 Å². The molecule has 5 nitrogen and oxygen atoms in total. The predicted octanol–water partition coefficient (Wildman–Crippen LogP) is 1.34. The highest BCUT2D eigenvalue weighted by Gasteiger charge is 2.24. The van der Waals surface area contributed by atoms with Crippen molar-refractivity contribution in [2.24, 2.45) is 5.92 Å². The zero-order valence-electron chi connectivity index (χ0n) is 9.88. The van der Waals surface area contributed by atoms with Gasteiger partial charge in [0.15, 0.2) is 0 Å². The minimum absolute atomic E-state index is 0.0795. The van der Waals surface area contributed by atoms with E-state index in [-0.39, 0.29) is 12.5 Å². The molecule has 0 unspecified atom stereocenters. The predicted molar refractivity (Wildman–Crippen MR) is 60.2 cm³/mol. The van der Waals surface area contributed by atoms with Gasteiger partial charge in [0.2, 0.25) is 0 Å². The summed E-state index contributed by atoms with van der Waals surface area (Å²) in [5.74, 6) is -0.308. The first-order valence-corrected chi connectivity index (χ1v) is 5.67. The monoisotopic (exact) mass is 228 g/mol. The summed E-state index contributed by atoms with van der Waals surface area (Å²) in [5.41, 5.74) is -0.713. The molecule has 0 heterocycles. The second kappa shape index (κ2) is 5.18. The van der Waals surface area contributed by atoms with Crippen LogP contribution in [0.25, 0.3) is 0 Å². The molecule has 3 N–H and O–H groups in total. The molecule has 0 radical (unpaired) electrons. The third-order valence-electron chi connectivity index (χ3n) is 2.82. The number of carbonyl (C=O) groups excluding carboxylic acids is 1. The molecular formula is C11H20N2O3. The van der Waals surface area contributed by atoms with E-state index in [1.165, 1.54) is 19.3 Å². The molecule has 0 saturated heterocycles. The quantitative estimate of drug-likeness (QED) is 0.664. The van der Waals surface area contributed by atoms with Crippen LogP contribution in [0.15, 0.2) is 0 Å². The molecule has 1 aliphatic carbocycles. The van der Waals surface area contributed by atoms with Crippen LogP contribution in [0.5, 0.6) is 0 Å². The van der Waals surface area contributed by atoms with Gasteiger partial charge in [-0.1, -0.05) is 6.42 Å². The van der Waals surface area contributed by atoms with Gasteiger partial charge in [-0.2, -0.15) is 0 Å². The highest BCUT2D eigenvalue weighted by molar-refractivity contribution is 5.76. The van der Waals surface area contributed by atoms with E-state index in [0.717, 1.165) is 0 Å². The number of carboxylic acids is 1. The lowest BCUT2D eigenvalue weighted by molar-refractivity contribution is -0.138. The Bertz CT molecular complexity index is 272. The van der Waals surface area contributed by atoms with Gasteiger partial charge >= 0.3 is 12.0 Å². The number of rotatable bonds is 5. The van der Waals surface area contributed by atoms with Crippen molar-refractivity contribution < 1.29 is 14.7 Å². The number of hydrogen-bond acceptors (Lipinski definition) is 2. The molecule has 1 aliphatic rings. The van der Waals surface area contributed by atoms with Crippen LogP contribution in [0, 0.1) is 5.92 Å². The fraction of sp³-hybridized carbons (Fsp3) is 0.818. The summed E-state index contributed by atoms with van der Waals surface area (Å²) in [5, 5.41) is 14.1. The van der Waals surface area contributed by atoms with E-state index in [9.17, 15) is 9.59 Å². The van der Waals surface area contributed by atoms with E-state index < -0.39 is 11.5 Å². The van der Waals surface area contributed by atoms with E-state index >= 15 is 0 Å². The van der Waals surface area contributed by atoms with E-state index in [4.69, 9.17) is 5.11 Å². The minimum atomic E-state index is -0.913. The third kappa shape index (κ3) is 4.51. The first-order valence-electron chi connectivity index (χ1n) is 5.67. The molecular weight excluding hydrogens is 208 g/mol. The Morgan fingerprint density at radius 1 is 1.38 bits per heavy atom. The van der Waals surface area contributed by atoms with Crippen LogP contribution in [0.4, 0.5) is 4.79 Å². The standard InChI is InChI=1S/C11H20N2O3/c1-11(2,6-9(14)15)13-10(16)12-7-8-4-3-5-8/h8H,3-7H2,1-2H3,(H,14,15)(H2,12,13,16). The summed E-state index contributed by atoms with van der Waals surface area (Å²) in [6.07, 6.45) is 3.53. The van der Waals surface area contributed by atoms with Crippen molar-refractivity contribution in [1.29, 1.82) is 0 Å². The maximum atomic E-state index is 11.5. The molecule has 92 valence electrons. The minimum Gasteiger partial charge on any atom is -0.481 e. The Labute approximate surface area is 95.6 Å². The SMILES string of the molecule is CC(C)(CC(=O)O)NC(=O)NCC1CCC1. The van der Waals surface area contributed by atoms with Gasteiger partial charge in [-0.25, -0.2) is 4.79 Å². The van der Waals surface area contributed by atoms with Crippen molar-refractivity contribution in [1.82, 2.24) is 10.6 Å². The van der Waals surface area contributed by atoms with Crippen LogP contribution in [-0.4, -0.2) is 29.2 Å². The van der Waals surface area contributed by atoms with Gasteiger partial charge in [0.25, 0.3) is 0 Å². The summed E-state index contributed by atoms with van der Waals surface area (Å²) >= 11 is 0. The molecule has 0 aromatic heterocycles. The van der Waals surface area contributed by atoms with Gasteiger partial charge in [-0.3, -0.25) is 4.79 Å². The second-order valence-corrected chi connectivity index (χ2v) is 5.09. The highest BCUT2D eigenvalue weighted by Crippen LogP contribution is 2.25. The molecule has 0 bridgehead atoms. The fourth-order valence-electron chi connectivity index (χ4n) is 1.71. The van der Waals surface area contributed by atoms with Gasteiger partial charge < -0.3 is 15.7 Å². The molecule has 1 rings (SSSR count). The Balaban J connectivity index is 2.23. The smallest absolute Gasteiger partial charge is 0.315 e. The first kappa shape index (κ1) is 12.8. The van der Waals surface area contributed by atoms with Gasteiger partial charge in [0, 0.05) is 12.1 Å². The second-order valence-electron chi connectivity index (χ2n) is 5.09. The van der Waals surface area contributed by atoms with Crippen molar-refractivity contribution in [3.05, 3.63) is 0 Å². The molecule has 1 saturated carbocycles. The molecule has 5 heteroatoms. The zero-order valence-corrected chi connectivity index (χ0v) is 9.88. The Hall–Kier alpha value is -1.26. The molecule has 16 heavy (non-hydrogen) atoms. The number of amides is 2. The number of urea groups is 1. The van der Waals surface area contributed by atoms with E-state index in [2.05, 4.69) is 10.6 Å². The van der Waals surface area contributed by atoms with Crippen molar-refractivity contribution >= 4 is 12.0 Å². The topological polar surface area (TPSA) is 78.4 Å². The van der Waals surface area contributed by atoms with E-state index in [1.54, 1.807) is 13.8 Å². The number of carboxylic acid groups (broad SMARTS) is 1. The largest absolute Gasteiger partial charge is 0.481 e. The van der Waals surface area contributed by atoms with Crippen LogP contribution >= 0.6 is 0 Å². The summed E-state index contributed by atoms with van der Waals surface area (Å²) < 4.78 is 0. The zero-order chi connectivity index (χ0) is 12.2. The Kier molecular flexibility index (Phi) is 4.15. The third-order valence-corrected chi connectivity index (χ3v) is 2.82. The van der Waals surface area contributed by atoms with Gasteiger partial charge in [0.05, 0.1) is 6.42 Å². The van der Waals surface area contributed by atoms with Crippen LogP contribution in [0.2, 0.25) is 0 Å². The average Bonchev–Trinajstić information content (AvgIpc) is 1.96. The summed E-state index contributed by atoms with van der Waals surface area (Å²) in [4.78, 5) is 22.0. The van der Waals surface area contributed by atoms with Gasteiger partial charge in [-0.15, -0.1) is 0 Å². The lowest BCUT2D eigenvalue weighted by Gasteiger charge is -2.28. The average molecular weight is 228 g/mol. The lowest BCUT2D eigenvalue weighted by Crippen LogP contribution is -2.50. The summed E-state index contributed by atoms with van der Waals surface area (Å²) in [6.45, 7) is 4.09. The van der Waals surface area contributed by atoms with Gasteiger partial charge in [0.1, 0.15) is 0 Å². The summed E-state index contributed by atoms with van der Waals surface area (Å²) in [6, 6.07) is -0.279. The van der Waals surface area contributed by atoms with E-state index in [0.29, 0.717) is 12.5 Å². The molecule has 0 aromatic carbocycles. The lowest BCUT2D eigenvalue weighted by atomic mass is 9.85. The van der Waals surface area contributed by atoms with Crippen molar-refractivity contribution in [2.75, 3.05) is 6.54 Å². The normalized spacial score (nSPS) is 16.4. The van der Waals surface area contributed by atoms with Crippen LogP contribution in [0.1, 0.15) is 39.5 Å². The maximum Gasteiger partial charge on any atom is 0.315 e.